The van der Waals surface area contributed by atoms with Crippen LogP contribution >= 0.6 is 11.8 Å². The van der Waals surface area contributed by atoms with E-state index in [0.717, 1.165) is 22.6 Å². The number of thioether (sulfide) groups is 1. The number of aromatic nitrogens is 2. The van der Waals surface area contributed by atoms with Gasteiger partial charge in [0.25, 0.3) is 5.91 Å². The highest BCUT2D eigenvalue weighted by molar-refractivity contribution is 7.98. The number of amides is 1. The van der Waals surface area contributed by atoms with Crippen molar-refractivity contribution in [2.24, 2.45) is 0 Å². The highest BCUT2D eigenvalue weighted by atomic mass is 32.2. The Morgan fingerprint density at radius 1 is 1.08 bits per heavy atom. The summed E-state index contributed by atoms with van der Waals surface area (Å²) >= 11 is 1.47. The van der Waals surface area contributed by atoms with Crippen LogP contribution in [-0.2, 0) is 6.54 Å². The van der Waals surface area contributed by atoms with E-state index in [-0.39, 0.29) is 5.91 Å². The SMILES string of the molecule is CCn1c2ccccc2c2cc(NC(=O)c3cccnc3SC)ccc21. The fourth-order valence-corrected chi connectivity index (χ4v) is 3.94. The average molecular weight is 361 g/mol. The molecule has 0 spiro atoms. The van der Waals surface area contributed by atoms with E-state index in [9.17, 15) is 4.79 Å². The highest BCUT2D eigenvalue weighted by Crippen LogP contribution is 2.31. The molecule has 1 N–H and O–H groups in total. The number of aryl methyl sites for hydroxylation is 1. The Labute approximate surface area is 156 Å². The number of carbonyl (C=O) groups excluding carboxylic acids is 1. The van der Waals surface area contributed by atoms with Gasteiger partial charge in [-0.3, -0.25) is 4.79 Å². The van der Waals surface area contributed by atoms with E-state index in [4.69, 9.17) is 0 Å². The van der Waals surface area contributed by atoms with Gasteiger partial charge in [0.15, 0.2) is 0 Å². The van der Waals surface area contributed by atoms with Gasteiger partial charge in [0.2, 0.25) is 0 Å². The van der Waals surface area contributed by atoms with Crippen molar-refractivity contribution in [2.75, 3.05) is 11.6 Å². The Kier molecular flexibility index (Phi) is 4.39. The molecule has 0 bridgehead atoms. The molecule has 4 rings (SSSR count). The number of rotatable bonds is 4. The Morgan fingerprint density at radius 3 is 2.69 bits per heavy atom. The smallest absolute Gasteiger partial charge is 0.258 e. The summed E-state index contributed by atoms with van der Waals surface area (Å²) in [7, 11) is 0. The van der Waals surface area contributed by atoms with Gasteiger partial charge < -0.3 is 9.88 Å². The van der Waals surface area contributed by atoms with Gasteiger partial charge >= 0.3 is 0 Å². The summed E-state index contributed by atoms with van der Waals surface area (Å²) in [5.74, 6) is -0.138. The Bertz CT molecular complexity index is 1120. The zero-order valence-electron chi connectivity index (χ0n) is 14.7. The van der Waals surface area contributed by atoms with Crippen molar-refractivity contribution in [3.8, 4) is 0 Å². The van der Waals surface area contributed by atoms with Crippen LogP contribution in [0.25, 0.3) is 21.8 Å². The van der Waals surface area contributed by atoms with Crippen LogP contribution in [0.4, 0.5) is 5.69 Å². The summed E-state index contributed by atoms with van der Waals surface area (Å²) in [6.45, 7) is 3.05. The van der Waals surface area contributed by atoms with Crippen molar-refractivity contribution in [1.82, 2.24) is 9.55 Å². The van der Waals surface area contributed by atoms with Gasteiger partial charge in [-0.2, -0.15) is 0 Å². The molecular formula is C21H19N3OS. The third-order valence-corrected chi connectivity index (χ3v) is 5.27. The summed E-state index contributed by atoms with van der Waals surface area (Å²) in [5, 5.41) is 6.10. The lowest BCUT2D eigenvalue weighted by Gasteiger charge is -2.08. The molecule has 0 fully saturated rings. The number of para-hydroxylation sites is 1. The normalized spacial score (nSPS) is 11.2. The summed E-state index contributed by atoms with van der Waals surface area (Å²) < 4.78 is 2.29. The maximum Gasteiger partial charge on any atom is 0.258 e. The summed E-state index contributed by atoms with van der Waals surface area (Å²) in [6.07, 6.45) is 3.62. The number of benzene rings is 2. The number of fused-ring (bicyclic) bond motifs is 3. The first-order valence-electron chi connectivity index (χ1n) is 8.54. The number of carbonyl (C=O) groups is 1. The molecule has 0 atom stereocenters. The summed E-state index contributed by atoms with van der Waals surface area (Å²) in [5.41, 5.74) is 3.77. The summed E-state index contributed by atoms with van der Waals surface area (Å²) in [4.78, 5) is 16.9. The molecule has 2 aromatic heterocycles. The number of nitrogens with zero attached hydrogens (tertiary/aromatic N) is 2. The first-order chi connectivity index (χ1) is 12.7. The average Bonchev–Trinajstić information content (AvgIpc) is 3.01. The van der Waals surface area contributed by atoms with Gasteiger partial charge in [0, 0.05) is 40.2 Å². The fourth-order valence-electron chi connectivity index (χ4n) is 3.40. The van der Waals surface area contributed by atoms with Crippen LogP contribution in [0.1, 0.15) is 17.3 Å². The molecule has 26 heavy (non-hydrogen) atoms. The third-order valence-electron chi connectivity index (χ3n) is 4.56. The van der Waals surface area contributed by atoms with Gasteiger partial charge in [-0.15, -0.1) is 11.8 Å². The van der Waals surface area contributed by atoms with E-state index < -0.39 is 0 Å². The lowest BCUT2D eigenvalue weighted by Crippen LogP contribution is -2.13. The Morgan fingerprint density at radius 2 is 1.88 bits per heavy atom. The fraction of sp³-hybridized carbons (Fsp3) is 0.143. The van der Waals surface area contributed by atoms with Crippen molar-refractivity contribution < 1.29 is 4.79 Å². The van der Waals surface area contributed by atoms with E-state index in [2.05, 4.69) is 52.1 Å². The molecule has 0 unspecified atom stereocenters. The molecule has 0 aliphatic heterocycles. The molecule has 5 heteroatoms. The van der Waals surface area contributed by atoms with Crippen molar-refractivity contribution in [3.05, 3.63) is 66.4 Å². The van der Waals surface area contributed by atoms with Crippen LogP contribution in [0, 0.1) is 0 Å². The van der Waals surface area contributed by atoms with E-state index in [0.29, 0.717) is 5.56 Å². The molecule has 0 radical (unpaired) electrons. The first kappa shape index (κ1) is 16.7. The van der Waals surface area contributed by atoms with Gasteiger partial charge in [0.1, 0.15) is 5.03 Å². The Hall–Kier alpha value is -2.79. The molecule has 0 aliphatic carbocycles. The highest BCUT2D eigenvalue weighted by Gasteiger charge is 2.14. The number of hydrogen-bond donors (Lipinski definition) is 1. The molecule has 4 aromatic rings. The van der Waals surface area contributed by atoms with Crippen LogP contribution in [-0.4, -0.2) is 21.7 Å². The first-order valence-corrected chi connectivity index (χ1v) is 9.76. The number of hydrogen-bond acceptors (Lipinski definition) is 3. The molecule has 0 saturated heterocycles. The van der Waals surface area contributed by atoms with Crippen LogP contribution in [0.3, 0.4) is 0 Å². The molecule has 0 saturated carbocycles. The maximum absolute atomic E-state index is 12.7. The zero-order chi connectivity index (χ0) is 18.1. The second-order valence-corrected chi connectivity index (χ2v) is 6.80. The molecular weight excluding hydrogens is 342 g/mol. The van der Waals surface area contributed by atoms with Crippen LogP contribution in [0.2, 0.25) is 0 Å². The van der Waals surface area contributed by atoms with Crippen LogP contribution in [0.5, 0.6) is 0 Å². The minimum absolute atomic E-state index is 0.138. The van der Waals surface area contributed by atoms with E-state index in [1.807, 2.05) is 18.4 Å². The molecule has 0 aliphatic rings. The zero-order valence-corrected chi connectivity index (χ0v) is 15.5. The van der Waals surface area contributed by atoms with Crippen LogP contribution < -0.4 is 5.32 Å². The second-order valence-electron chi connectivity index (χ2n) is 6.01. The van der Waals surface area contributed by atoms with Gasteiger partial charge in [-0.1, -0.05) is 18.2 Å². The van der Waals surface area contributed by atoms with E-state index >= 15 is 0 Å². The van der Waals surface area contributed by atoms with Crippen molar-refractivity contribution in [2.45, 2.75) is 18.5 Å². The molecule has 130 valence electrons. The molecule has 1 amide bonds. The third kappa shape index (κ3) is 2.74. The quantitative estimate of drug-likeness (QED) is 0.509. The monoisotopic (exact) mass is 361 g/mol. The van der Waals surface area contributed by atoms with Gasteiger partial charge in [-0.25, -0.2) is 4.98 Å². The molecule has 2 heterocycles. The predicted octanol–water partition coefficient (Wildman–Crippen LogP) is 5.18. The van der Waals surface area contributed by atoms with Crippen molar-refractivity contribution >= 4 is 45.2 Å². The lowest BCUT2D eigenvalue weighted by molar-refractivity contribution is 0.102. The summed E-state index contributed by atoms with van der Waals surface area (Å²) in [6, 6.07) is 18.0. The van der Waals surface area contributed by atoms with E-state index in [1.165, 1.54) is 28.2 Å². The minimum Gasteiger partial charge on any atom is -0.341 e. The number of anilines is 1. The van der Waals surface area contributed by atoms with Crippen molar-refractivity contribution in [1.29, 1.82) is 0 Å². The molecule has 2 aromatic carbocycles. The topological polar surface area (TPSA) is 46.9 Å². The van der Waals surface area contributed by atoms with Crippen LogP contribution in [0.15, 0.2) is 65.8 Å². The van der Waals surface area contributed by atoms with E-state index in [1.54, 1.807) is 18.3 Å². The Balaban J connectivity index is 1.76. The maximum atomic E-state index is 12.7. The van der Waals surface area contributed by atoms with Gasteiger partial charge in [0.05, 0.1) is 5.56 Å². The number of pyridine rings is 1. The lowest BCUT2D eigenvalue weighted by atomic mass is 10.1. The second kappa shape index (κ2) is 6.84. The largest absolute Gasteiger partial charge is 0.341 e. The van der Waals surface area contributed by atoms with Gasteiger partial charge in [-0.05, 0) is 49.6 Å². The van der Waals surface area contributed by atoms with Crippen molar-refractivity contribution in [3.63, 3.8) is 0 Å². The minimum atomic E-state index is -0.138. The number of nitrogens with one attached hydrogen (secondary N) is 1. The standard InChI is InChI=1S/C21H19N3OS/c1-3-24-18-9-5-4-7-15(18)17-13-14(10-11-19(17)24)23-20(25)16-8-6-12-22-21(16)26-2/h4-13H,3H2,1-2H3,(H,23,25). The molecule has 4 nitrogen and oxygen atoms in total. The predicted molar refractivity (Wildman–Crippen MR) is 109 cm³/mol.